The Bertz CT molecular complexity index is 885. The maximum Gasteiger partial charge on any atom is 0.331 e. The number of nitro groups is 1. The summed E-state index contributed by atoms with van der Waals surface area (Å²) in [7, 11) is 1.80. The van der Waals surface area contributed by atoms with Crippen LogP contribution in [0.5, 0.6) is 0 Å². The standard InChI is InChI=1S/C17H18N4O5/c1-11-13(12(2)20(3)19-11)8-9-17(23)26-10-16(22)18-14-6-4-5-7-15(14)21(24)25/h4-9H,10H2,1-3H3,(H,18,22)/b9-8+. The van der Waals surface area contributed by atoms with E-state index in [2.05, 4.69) is 10.4 Å². The van der Waals surface area contributed by atoms with Crippen molar-refractivity contribution in [2.75, 3.05) is 11.9 Å². The van der Waals surface area contributed by atoms with Crippen molar-refractivity contribution in [1.82, 2.24) is 9.78 Å². The minimum Gasteiger partial charge on any atom is -0.452 e. The molecule has 0 fully saturated rings. The lowest BCUT2D eigenvalue weighted by Crippen LogP contribution is -2.20. The number of hydrogen-bond donors (Lipinski definition) is 1. The molecule has 9 nitrogen and oxygen atoms in total. The number of ether oxygens (including phenoxy) is 1. The van der Waals surface area contributed by atoms with Crippen molar-refractivity contribution in [3.63, 3.8) is 0 Å². The summed E-state index contributed by atoms with van der Waals surface area (Å²) in [5.41, 5.74) is 2.25. The van der Waals surface area contributed by atoms with Gasteiger partial charge in [0.2, 0.25) is 0 Å². The van der Waals surface area contributed by atoms with E-state index in [1.54, 1.807) is 23.9 Å². The minimum atomic E-state index is -0.703. The Morgan fingerprint density at radius 2 is 2.04 bits per heavy atom. The molecule has 0 aliphatic carbocycles. The topological polar surface area (TPSA) is 116 Å². The Hall–Kier alpha value is -3.49. The van der Waals surface area contributed by atoms with E-state index in [-0.39, 0.29) is 11.4 Å². The third kappa shape index (κ3) is 4.53. The van der Waals surface area contributed by atoms with E-state index >= 15 is 0 Å². The van der Waals surface area contributed by atoms with Crippen LogP contribution in [-0.2, 0) is 21.4 Å². The van der Waals surface area contributed by atoms with Crippen molar-refractivity contribution in [2.24, 2.45) is 7.05 Å². The average molecular weight is 358 g/mol. The SMILES string of the molecule is Cc1nn(C)c(C)c1/C=C/C(=O)OCC(=O)Nc1ccccc1[N+](=O)[O-]. The summed E-state index contributed by atoms with van der Waals surface area (Å²) in [4.78, 5) is 33.9. The molecule has 2 rings (SSSR count). The van der Waals surface area contributed by atoms with Gasteiger partial charge in [-0.2, -0.15) is 5.10 Å². The molecule has 0 aliphatic heterocycles. The number of esters is 1. The Kier molecular flexibility index (Phi) is 5.84. The fraction of sp³-hybridized carbons (Fsp3) is 0.235. The summed E-state index contributed by atoms with van der Waals surface area (Å²) in [5.74, 6) is -1.37. The summed E-state index contributed by atoms with van der Waals surface area (Å²) in [6, 6.07) is 5.70. The van der Waals surface area contributed by atoms with Crippen LogP contribution in [0.15, 0.2) is 30.3 Å². The van der Waals surface area contributed by atoms with Crippen LogP contribution in [0.3, 0.4) is 0 Å². The van der Waals surface area contributed by atoms with Crippen molar-refractivity contribution in [3.05, 3.63) is 57.4 Å². The summed E-state index contributed by atoms with van der Waals surface area (Å²) < 4.78 is 6.54. The number of benzene rings is 1. The number of para-hydroxylation sites is 2. The number of nitrogens with one attached hydrogen (secondary N) is 1. The molecule has 26 heavy (non-hydrogen) atoms. The number of nitro benzene ring substituents is 1. The molecule has 0 radical (unpaired) electrons. The van der Waals surface area contributed by atoms with Crippen LogP contribution in [0.25, 0.3) is 6.08 Å². The van der Waals surface area contributed by atoms with Gasteiger partial charge in [-0.1, -0.05) is 12.1 Å². The molecule has 0 aliphatic rings. The van der Waals surface area contributed by atoms with Gasteiger partial charge in [-0.25, -0.2) is 4.79 Å². The zero-order chi connectivity index (χ0) is 19.3. The van der Waals surface area contributed by atoms with Gasteiger partial charge in [-0.3, -0.25) is 19.6 Å². The number of carbonyl (C=O) groups is 2. The van der Waals surface area contributed by atoms with E-state index in [0.717, 1.165) is 17.0 Å². The third-order valence-electron chi connectivity index (χ3n) is 3.67. The predicted molar refractivity (Wildman–Crippen MR) is 94.4 cm³/mol. The highest BCUT2D eigenvalue weighted by Crippen LogP contribution is 2.22. The Morgan fingerprint density at radius 1 is 1.35 bits per heavy atom. The normalized spacial score (nSPS) is 10.7. The molecule has 2 aromatic rings. The van der Waals surface area contributed by atoms with Crippen molar-refractivity contribution in [2.45, 2.75) is 13.8 Å². The van der Waals surface area contributed by atoms with Crippen LogP contribution in [0.2, 0.25) is 0 Å². The molecule has 0 atom stereocenters. The van der Waals surface area contributed by atoms with Gasteiger partial charge in [0, 0.05) is 30.4 Å². The fourth-order valence-electron chi connectivity index (χ4n) is 2.29. The number of nitrogens with zero attached hydrogens (tertiary/aromatic N) is 3. The molecule has 0 saturated heterocycles. The molecule has 1 heterocycles. The molecule has 136 valence electrons. The highest BCUT2D eigenvalue weighted by molar-refractivity contribution is 5.96. The van der Waals surface area contributed by atoms with E-state index in [4.69, 9.17) is 4.74 Å². The van der Waals surface area contributed by atoms with Gasteiger partial charge >= 0.3 is 5.97 Å². The number of anilines is 1. The van der Waals surface area contributed by atoms with Gasteiger partial charge in [0.25, 0.3) is 11.6 Å². The van der Waals surface area contributed by atoms with Crippen LogP contribution in [0.4, 0.5) is 11.4 Å². The zero-order valence-electron chi connectivity index (χ0n) is 14.6. The third-order valence-corrected chi connectivity index (χ3v) is 3.67. The largest absolute Gasteiger partial charge is 0.452 e. The minimum absolute atomic E-state index is 0.0377. The molecule has 0 unspecified atom stereocenters. The quantitative estimate of drug-likeness (QED) is 0.366. The monoisotopic (exact) mass is 358 g/mol. The van der Waals surface area contributed by atoms with Crippen LogP contribution in [-0.4, -0.2) is 33.2 Å². The van der Waals surface area contributed by atoms with Crippen molar-refractivity contribution >= 4 is 29.3 Å². The second kappa shape index (κ2) is 8.06. The van der Waals surface area contributed by atoms with Gasteiger partial charge in [-0.15, -0.1) is 0 Å². The number of rotatable bonds is 6. The molecule has 9 heteroatoms. The van der Waals surface area contributed by atoms with Gasteiger partial charge in [0.1, 0.15) is 5.69 Å². The Balaban J connectivity index is 1.92. The maximum absolute atomic E-state index is 11.8. The van der Waals surface area contributed by atoms with E-state index in [1.807, 2.05) is 13.8 Å². The summed E-state index contributed by atoms with van der Waals surface area (Å²) in [5, 5.41) is 17.5. The van der Waals surface area contributed by atoms with Crippen LogP contribution >= 0.6 is 0 Å². The highest BCUT2D eigenvalue weighted by atomic mass is 16.6. The average Bonchev–Trinajstić information content (AvgIpc) is 2.83. The molecular formula is C17H18N4O5. The Morgan fingerprint density at radius 3 is 2.65 bits per heavy atom. The number of carbonyl (C=O) groups excluding carboxylic acids is 2. The molecule has 1 N–H and O–H groups in total. The number of hydrogen-bond acceptors (Lipinski definition) is 6. The summed E-state index contributed by atoms with van der Waals surface area (Å²) >= 11 is 0. The number of aryl methyl sites for hydroxylation is 2. The number of amides is 1. The van der Waals surface area contributed by atoms with Gasteiger partial charge in [-0.05, 0) is 26.0 Å². The smallest absolute Gasteiger partial charge is 0.331 e. The molecule has 1 aromatic carbocycles. The van der Waals surface area contributed by atoms with Crippen molar-refractivity contribution in [3.8, 4) is 0 Å². The second-order valence-corrected chi connectivity index (χ2v) is 5.47. The lowest BCUT2D eigenvalue weighted by atomic mass is 10.2. The van der Waals surface area contributed by atoms with Gasteiger partial charge in [0.05, 0.1) is 10.6 Å². The fourth-order valence-corrected chi connectivity index (χ4v) is 2.29. The van der Waals surface area contributed by atoms with Crippen LogP contribution < -0.4 is 5.32 Å². The lowest BCUT2D eigenvalue weighted by molar-refractivity contribution is -0.383. The zero-order valence-corrected chi connectivity index (χ0v) is 14.6. The van der Waals surface area contributed by atoms with Crippen molar-refractivity contribution < 1.29 is 19.2 Å². The van der Waals surface area contributed by atoms with E-state index < -0.39 is 23.4 Å². The van der Waals surface area contributed by atoms with Crippen molar-refractivity contribution in [1.29, 1.82) is 0 Å². The first-order valence-electron chi connectivity index (χ1n) is 7.68. The first-order chi connectivity index (χ1) is 12.3. The van der Waals surface area contributed by atoms with Gasteiger partial charge < -0.3 is 10.1 Å². The number of aromatic nitrogens is 2. The first-order valence-corrected chi connectivity index (χ1v) is 7.68. The first kappa shape index (κ1) is 18.8. The van der Waals surface area contributed by atoms with Crippen LogP contribution in [0, 0.1) is 24.0 Å². The van der Waals surface area contributed by atoms with Gasteiger partial charge in [0.15, 0.2) is 6.61 Å². The Labute approximate surface area is 149 Å². The lowest BCUT2D eigenvalue weighted by Gasteiger charge is -2.05. The molecule has 0 spiro atoms. The predicted octanol–water partition coefficient (Wildman–Crippen LogP) is 2.14. The molecule has 0 bridgehead atoms. The molecule has 1 aromatic heterocycles. The summed E-state index contributed by atoms with van der Waals surface area (Å²) in [6.45, 7) is 3.13. The molecule has 1 amide bonds. The van der Waals surface area contributed by atoms with E-state index in [1.165, 1.54) is 24.3 Å². The van der Waals surface area contributed by atoms with E-state index in [0.29, 0.717) is 0 Å². The molecular weight excluding hydrogens is 340 g/mol. The summed E-state index contributed by atoms with van der Waals surface area (Å²) in [6.07, 6.45) is 2.77. The molecule has 0 saturated carbocycles. The second-order valence-electron chi connectivity index (χ2n) is 5.47. The maximum atomic E-state index is 11.8. The highest BCUT2D eigenvalue weighted by Gasteiger charge is 2.15. The van der Waals surface area contributed by atoms with Crippen LogP contribution in [0.1, 0.15) is 17.0 Å². The van der Waals surface area contributed by atoms with E-state index in [9.17, 15) is 19.7 Å².